The lowest BCUT2D eigenvalue weighted by Gasteiger charge is -2.34. The summed E-state index contributed by atoms with van der Waals surface area (Å²) in [4.78, 5) is 17.7. The predicted molar refractivity (Wildman–Crippen MR) is 64.9 cm³/mol. The maximum Gasteiger partial charge on any atom is 0.272 e. The molecule has 2 unspecified atom stereocenters. The highest BCUT2D eigenvalue weighted by Gasteiger charge is 2.28. The molecule has 1 amide bonds. The second-order valence-electron chi connectivity index (χ2n) is 4.43. The molecule has 17 heavy (non-hydrogen) atoms. The highest BCUT2D eigenvalue weighted by molar-refractivity contribution is 6.29. The van der Waals surface area contributed by atoms with Gasteiger partial charge in [0.25, 0.3) is 5.91 Å². The Balaban J connectivity index is 2.10. The Morgan fingerprint density at radius 3 is 3.00 bits per heavy atom. The molecule has 1 aromatic rings. The van der Waals surface area contributed by atoms with Crippen molar-refractivity contribution in [1.29, 1.82) is 0 Å². The normalized spacial score (nSPS) is 24.8. The number of hydrogen-bond acceptors (Lipinski definition) is 3. The van der Waals surface area contributed by atoms with Crippen LogP contribution in [0.4, 0.5) is 0 Å². The third-order valence-corrected chi connectivity index (χ3v) is 3.35. The van der Waals surface area contributed by atoms with Crippen molar-refractivity contribution in [2.75, 3.05) is 13.1 Å². The summed E-state index contributed by atoms with van der Waals surface area (Å²) in [5, 5.41) is 10.1. The Kier molecular flexibility index (Phi) is 3.64. The quantitative estimate of drug-likeness (QED) is 0.774. The Hall–Kier alpha value is -1.13. The molecule has 4 nitrogen and oxygen atoms in total. The van der Waals surface area contributed by atoms with Gasteiger partial charge in [-0.25, -0.2) is 4.98 Å². The maximum absolute atomic E-state index is 12.1. The molecule has 2 heterocycles. The summed E-state index contributed by atoms with van der Waals surface area (Å²) in [7, 11) is 0. The summed E-state index contributed by atoms with van der Waals surface area (Å²) in [6.45, 7) is 3.02. The highest BCUT2D eigenvalue weighted by atomic mass is 35.5. The van der Waals surface area contributed by atoms with Crippen LogP contribution in [0.25, 0.3) is 0 Å². The van der Waals surface area contributed by atoms with Crippen LogP contribution in [0.3, 0.4) is 0 Å². The first-order valence-electron chi connectivity index (χ1n) is 5.68. The lowest BCUT2D eigenvalue weighted by molar-refractivity contribution is 0.0245. The molecule has 1 fully saturated rings. The molecule has 2 atom stereocenters. The van der Waals surface area contributed by atoms with Gasteiger partial charge in [-0.15, -0.1) is 0 Å². The van der Waals surface area contributed by atoms with Gasteiger partial charge in [-0.05, 0) is 24.5 Å². The van der Waals surface area contributed by atoms with Crippen LogP contribution in [-0.4, -0.2) is 40.1 Å². The summed E-state index contributed by atoms with van der Waals surface area (Å²) in [5.41, 5.74) is 0.333. The third-order valence-electron chi connectivity index (χ3n) is 3.14. The van der Waals surface area contributed by atoms with Crippen molar-refractivity contribution in [3.8, 4) is 0 Å². The van der Waals surface area contributed by atoms with Crippen molar-refractivity contribution in [2.45, 2.75) is 19.4 Å². The van der Waals surface area contributed by atoms with Crippen molar-refractivity contribution >= 4 is 17.5 Å². The van der Waals surface area contributed by atoms with E-state index in [-0.39, 0.29) is 11.8 Å². The van der Waals surface area contributed by atoms with Gasteiger partial charge in [-0.3, -0.25) is 4.79 Å². The molecule has 0 spiro atoms. The van der Waals surface area contributed by atoms with E-state index in [4.69, 9.17) is 11.6 Å². The van der Waals surface area contributed by atoms with Crippen molar-refractivity contribution in [3.63, 3.8) is 0 Å². The number of halogens is 1. The SMILES string of the molecule is CC1CCN(C(=O)c2cccc(Cl)n2)CC1O. The molecule has 1 aliphatic rings. The van der Waals surface area contributed by atoms with Gasteiger partial charge in [-0.2, -0.15) is 0 Å². The van der Waals surface area contributed by atoms with Crippen LogP contribution in [0.2, 0.25) is 5.15 Å². The average molecular weight is 255 g/mol. The minimum Gasteiger partial charge on any atom is -0.391 e. The lowest BCUT2D eigenvalue weighted by atomic mass is 9.96. The standard InChI is InChI=1S/C12H15ClN2O2/c1-8-5-6-15(7-10(8)16)12(17)9-3-2-4-11(13)14-9/h2-4,8,10,16H,5-7H2,1H3. The fourth-order valence-electron chi connectivity index (χ4n) is 1.92. The molecule has 0 aliphatic carbocycles. The van der Waals surface area contributed by atoms with Gasteiger partial charge in [0.15, 0.2) is 0 Å². The molecule has 1 aliphatic heterocycles. The number of nitrogens with zero attached hydrogens (tertiary/aromatic N) is 2. The topological polar surface area (TPSA) is 53.4 Å². The lowest BCUT2D eigenvalue weighted by Crippen LogP contribution is -2.46. The molecule has 5 heteroatoms. The van der Waals surface area contributed by atoms with Crippen LogP contribution in [0.1, 0.15) is 23.8 Å². The molecule has 0 saturated carbocycles. The first-order valence-corrected chi connectivity index (χ1v) is 6.05. The number of likely N-dealkylation sites (tertiary alicyclic amines) is 1. The maximum atomic E-state index is 12.1. The van der Waals surface area contributed by atoms with Crippen LogP contribution in [-0.2, 0) is 0 Å². The molecule has 0 aromatic carbocycles. The second-order valence-corrected chi connectivity index (χ2v) is 4.82. The number of carbonyl (C=O) groups excluding carboxylic acids is 1. The Morgan fingerprint density at radius 2 is 2.35 bits per heavy atom. The number of carbonyl (C=O) groups is 1. The number of hydrogen-bond donors (Lipinski definition) is 1. The summed E-state index contributed by atoms with van der Waals surface area (Å²) in [6.07, 6.45) is 0.361. The minimum atomic E-state index is -0.452. The minimum absolute atomic E-state index is 0.168. The summed E-state index contributed by atoms with van der Waals surface area (Å²) < 4.78 is 0. The second kappa shape index (κ2) is 5.02. The van der Waals surface area contributed by atoms with E-state index in [9.17, 15) is 9.90 Å². The zero-order valence-corrected chi connectivity index (χ0v) is 10.4. The Labute approximate surface area is 105 Å². The highest BCUT2D eigenvalue weighted by Crippen LogP contribution is 2.18. The van der Waals surface area contributed by atoms with E-state index in [1.165, 1.54) is 0 Å². The predicted octanol–water partition coefficient (Wildman–Crippen LogP) is 1.58. The van der Waals surface area contributed by atoms with E-state index < -0.39 is 6.10 Å². The number of β-amino-alcohol motifs (C(OH)–C–C–N with tert-alkyl or cyclic N) is 1. The molecule has 1 saturated heterocycles. The van der Waals surface area contributed by atoms with Gasteiger partial charge in [0, 0.05) is 13.1 Å². The van der Waals surface area contributed by atoms with E-state index in [0.29, 0.717) is 23.9 Å². The number of rotatable bonds is 1. The Bertz CT molecular complexity index is 425. The molecule has 0 bridgehead atoms. The summed E-state index contributed by atoms with van der Waals surface area (Å²) >= 11 is 5.75. The number of aliphatic hydroxyl groups is 1. The van der Waals surface area contributed by atoms with E-state index in [2.05, 4.69) is 4.98 Å². The smallest absolute Gasteiger partial charge is 0.272 e. The van der Waals surface area contributed by atoms with Gasteiger partial charge in [0.2, 0.25) is 0 Å². The van der Waals surface area contributed by atoms with E-state index in [1.54, 1.807) is 23.1 Å². The number of pyridine rings is 1. The number of piperidine rings is 1. The van der Waals surface area contributed by atoms with Crippen molar-refractivity contribution in [3.05, 3.63) is 29.0 Å². The van der Waals surface area contributed by atoms with Crippen LogP contribution >= 0.6 is 11.6 Å². The van der Waals surface area contributed by atoms with Crippen LogP contribution < -0.4 is 0 Å². The molecular formula is C12H15ClN2O2. The number of aromatic nitrogens is 1. The van der Waals surface area contributed by atoms with Crippen molar-refractivity contribution in [2.24, 2.45) is 5.92 Å². The van der Waals surface area contributed by atoms with Crippen molar-refractivity contribution in [1.82, 2.24) is 9.88 Å². The molecule has 1 aromatic heterocycles. The molecule has 2 rings (SSSR count). The van der Waals surface area contributed by atoms with Gasteiger partial charge in [0.1, 0.15) is 10.8 Å². The average Bonchev–Trinajstić information content (AvgIpc) is 2.32. The van der Waals surface area contributed by atoms with E-state index in [0.717, 1.165) is 6.42 Å². The van der Waals surface area contributed by atoms with Gasteiger partial charge >= 0.3 is 0 Å². The zero-order valence-electron chi connectivity index (χ0n) is 9.64. The molecule has 92 valence electrons. The third kappa shape index (κ3) is 2.76. The summed E-state index contributed by atoms with van der Waals surface area (Å²) in [6, 6.07) is 4.97. The number of amides is 1. The fourth-order valence-corrected chi connectivity index (χ4v) is 2.09. The van der Waals surface area contributed by atoms with E-state index >= 15 is 0 Å². The van der Waals surface area contributed by atoms with Crippen LogP contribution in [0.15, 0.2) is 18.2 Å². The fraction of sp³-hybridized carbons (Fsp3) is 0.500. The van der Waals surface area contributed by atoms with Gasteiger partial charge in [-0.1, -0.05) is 24.6 Å². The van der Waals surface area contributed by atoms with Gasteiger partial charge < -0.3 is 10.0 Å². The van der Waals surface area contributed by atoms with Crippen molar-refractivity contribution < 1.29 is 9.90 Å². The van der Waals surface area contributed by atoms with Crippen LogP contribution in [0, 0.1) is 5.92 Å². The molecule has 0 radical (unpaired) electrons. The molecule has 1 N–H and O–H groups in total. The largest absolute Gasteiger partial charge is 0.391 e. The zero-order chi connectivity index (χ0) is 12.4. The monoisotopic (exact) mass is 254 g/mol. The van der Waals surface area contributed by atoms with Gasteiger partial charge in [0.05, 0.1) is 6.10 Å². The summed E-state index contributed by atoms with van der Waals surface area (Å²) in [5.74, 6) is 0.0739. The van der Waals surface area contributed by atoms with Crippen LogP contribution in [0.5, 0.6) is 0 Å². The Morgan fingerprint density at radius 1 is 1.59 bits per heavy atom. The van der Waals surface area contributed by atoms with E-state index in [1.807, 2.05) is 6.92 Å². The first-order chi connectivity index (χ1) is 8.08. The number of aliphatic hydroxyl groups excluding tert-OH is 1. The first kappa shape index (κ1) is 12.3. The molecular weight excluding hydrogens is 240 g/mol.